The Morgan fingerprint density at radius 1 is 0.300 bits per heavy atom. The van der Waals surface area contributed by atoms with E-state index in [1.807, 2.05) is 122 Å². The van der Waals surface area contributed by atoms with Gasteiger partial charge in [0.25, 0.3) is 0 Å². The van der Waals surface area contributed by atoms with E-state index in [0.29, 0.717) is 19.3 Å². The number of hydrogen-bond acceptors (Lipinski definition) is 6. The number of unbranched alkanes of at least 4 members (excludes halogenated alkanes) is 20. The minimum atomic E-state index is -0.828. The van der Waals surface area contributed by atoms with Gasteiger partial charge in [-0.25, -0.2) is 0 Å². The molecule has 1 unspecified atom stereocenters. The van der Waals surface area contributed by atoms with E-state index in [4.69, 9.17) is 14.2 Å². The van der Waals surface area contributed by atoms with Crippen molar-refractivity contribution in [1.82, 2.24) is 0 Å². The number of carbonyl (C=O) groups is 3. The number of hydrogen-bond donors (Lipinski definition) is 0. The Morgan fingerprint density at radius 2 is 0.571 bits per heavy atom. The van der Waals surface area contributed by atoms with Crippen LogP contribution in [0.25, 0.3) is 0 Å². The molecule has 0 saturated heterocycles. The van der Waals surface area contributed by atoms with Crippen molar-refractivity contribution in [2.75, 3.05) is 13.2 Å². The minimum absolute atomic E-state index is 0.126. The third kappa shape index (κ3) is 54.0. The van der Waals surface area contributed by atoms with Gasteiger partial charge in [-0.15, -0.1) is 0 Å². The monoisotopic (exact) mass is 963 g/mol. The molecule has 0 aliphatic heterocycles. The molecule has 0 aromatic rings. The van der Waals surface area contributed by atoms with Crippen LogP contribution in [-0.4, -0.2) is 37.2 Å². The predicted octanol–water partition coefficient (Wildman–Crippen LogP) is 18.6. The maximum absolute atomic E-state index is 12.9. The van der Waals surface area contributed by atoms with Gasteiger partial charge in [-0.1, -0.05) is 262 Å². The molecule has 0 amide bonds. The Hall–Kier alpha value is -4.97. The molecule has 0 saturated carbocycles. The molecule has 0 aliphatic rings. The molecule has 0 radical (unpaired) electrons. The molecule has 0 heterocycles. The summed E-state index contributed by atoms with van der Waals surface area (Å²) >= 11 is 0. The summed E-state index contributed by atoms with van der Waals surface area (Å²) in [5.41, 5.74) is 0. The molecule has 70 heavy (non-hydrogen) atoms. The average Bonchev–Trinajstić information content (AvgIpc) is 3.36. The lowest BCUT2D eigenvalue weighted by atomic mass is 10.1. The van der Waals surface area contributed by atoms with Crippen LogP contribution in [-0.2, 0) is 28.6 Å². The fraction of sp³-hybridized carbons (Fsp3) is 0.547. The van der Waals surface area contributed by atoms with Gasteiger partial charge in [0.15, 0.2) is 6.10 Å². The van der Waals surface area contributed by atoms with E-state index in [0.717, 1.165) is 89.9 Å². The zero-order chi connectivity index (χ0) is 50.7. The van der Waals surface area contributed by atoms with Crippen LogP contribution in [0.1, 0.15) is 207 Å². The molecular weight excluding hydrogens is 865 g/mol. The highest BCUT2D eigenvalue weighted by Gasteiger charge is 2.19. The highest BCUT2D eigenvalue weighted by atomic mass is 16.6. The number of carbonyl (C=O) groups excluding carboxylic acids is 3. The normalized spacial score (nSPS) is 13.4. The van der Waals surface area contributed by atoms with E-state index < -0.39 is 6.10 Å². The number of esters is 3. The van der Waals surface area contributed by atoms with Crippen molar-refractivity contribution in [2.24, 2.45) is 0 Å². The molecular formula is C64H98O6. The van der Waals surface area contributed by atoms with Crippen LogP contribution >= 0.6 is 0 Å². The second kappa shape index (κ2) is 56.6. The summed E-state index contributed by atoms with van der Waals surface area (Å²) in [5.74, 6) is -1.03. The molecule has 6 nitrogen and oxygen atoms in total. The standard InChI is InChI=1S/C64H98O6/c1-4-7-10-13-16-19-22-25-28-30-32-34-36-39-42-45-48-51-54-57-63(66)69-60-61(59-68-62(65)56-53-50-47-44-41-38-35-27-24-21-18-15-12-9-6-3)70-64(67)58-55-52-49-46-43-40-37-33-31-29-26-23-20-17-14-11-8-5-2/h7,9-10,12-13,15-16,18-19,21-22,24-25,27-28,30,32-39,41-42,61H,4-6,8,11,14,17,20,23,26,29,31,40,43-60H2,1-3H3/b10-7-,12-9-,16-13-,18-15-,22-19-,24-21-,28-25-,32-30+,35-27-,36-34-,37-33-,41-38-,42-39-. The third-order valence-electron chi connectivity index (χ3n) is 11.1. The summed E-state index contributed by atoms with van der Waals surface area (Å²) in [6, 6.07) is 0. The van der Waals surface area contributed by atoms with Gasteiger partial charge in [0, 0.05) is 19.3 Å². The first-order valence-electron chi connectivity index (χ1n) is 27.7. The van der Waals surface area contributed by atoms with Crippen molar-refractivity contribution in [2.45, 2.75) is 213 Å². The Balaban J connectivity index is 4.60. The van der Waals surface area contributed by atoms with Crippen LogP contribution in [0.5, 0.6) is 0 Å². The minimum Gasteiger partial charge on any atom is -0.462 e. The predicted molar refractivity (Wildman–Crippen MR) is 302 cm³/mol. The molecule has 6 heteroatoms. The SMILES string of the molecule is CC\C=C/C=C\C=C/C=C\C=C/CCCCCC(=O)OCC(COC(=O)CCCCC\C=C/C=C\C=C\C=C/C=C\C=C/C=C\CC)OC(=O)CCCCCCC/C=C\CCCCCCCCCCC. The third-order valence-corrected chi connectivity index (χ3v) is 11.1. The number of ether oxygens (including phenoxy) is 3. The summed E-state index contributed by atoms with van der Waals surface area (Å²) in [6.45, 7) is 6.25. The lowest BCUT2D eigenvalue weighted by Crippen LogP contribution is -2.30. The molecule has 390 valence electrons. The van der Waals surface area contributed by atoms with Crippen molar-refractivity contribution in [3.05, 3.63) is 158 Å². The van der Waals surface area contributed by atoms with Crippen LogP contribution in [0, 0.1) is 0 Å². The van der Waals surface area contributed by atoms with Gasteiger partial charge >= 0.3 is 17.9 Å². The van der Waals surface area contributed by atoms with Crippen LogP contribution in [0.3, 0.4) is 0 Å². The molecule has 0 N–H and O–H groups in total. The number of allylic oxidation sites excluding steroid dienone is 26. The van der Waals surface area contributed by atoms with Crippen molar-refractivity contribution >= 4 is 17.9 Å². The highest BCUT2D eigenvalue weighted by Crippen LogP contribution is 2.13. The molecule has 0 rings (SSSR count). The van der Waals surface area contributed by atoms with Crippen LogP contribution in [0.4, 0.5) is 0 Å². The Morgan fingerprint density at radius 3 is 0.929 bits per heavy atom. The quantitative estimate of drug-likeness (QED) is 0.0199. The molecule has 0 bridgehead atoms. The van der Waals surface area contributed by atoms with Crippen LogP contribution < -0.4 is 0 Å². The molecule has 0 aliphatic carbocycles. The van der Waals surface area contributed by atoms with E-state index in [2.05, 4.69) is 57.2 Å². The molecule has 0 aromatic carbocycles. The van der Waals surface area contributed by atoms with E-state index in [1.54, 1.807) is 0 Å². The van der Waals surface area contributed by atoms with Gasteiger partial charge in [0.05, 0.1) is 0 Å². The first-order valence-corrected chi connectivity index (χ1v) is 27.7. The van der Waals surface area contributed by atoms with Crippen LogP contribution in [0.2, 0.25) is 0 Å². The molecule has 0 spiro atoms. The summed E-state index contributed by atoms with van der Waals surface area (Å²) in [7, 11) is 0. The first kappa shape index (κ1) is 65.0. The van der Waals surface area contributed by atoms with Crippen LogP contribution in [0.15, 0.2) is 158 Å². The molecule has 1 atom stereocenters. The van der Waals surface area contributed by atoms with Gasteiger partial charge in [0.1, 0.15) is 13.2 Å². The van der Waals surface area contributed by atoms with Crippen molar-refractivity contribution in [3.63, 3.8) is 0 Å². The van der Waals surface area contributed by atoms with E-state index in [9.17, 15) is 14.4 Å². The van der Waals surface area contributed by atoms with Gasteiger partial charge in [-0.3, -0.25) is 14.4 Å². The topological polar surface area (TPSA) is 78.9 Å². The summed E-state index contributed by atoms with van der Waals surface area (Å²) in [5, 5.41) is 0. The Bertz CT molecular complexity index is 1620. The molecule has 0 fully saturated rings. The first-order chi connectivity index (χ1) is 34.5. The van der Waals surface area contributed by atoms with Crippen molar-refractivity contribution in [3.8, 4) is 0 Å². The zero-order valence-electron chi connectivity index (χ0n) is 44.5. The van der Waals surface area contributed by atoms with E-state index >= 15 is 0 Å². The molecule has 0 aromatic heterocycles. The smallest absolute Gasteiger partial charge is 0.306 e. The fourth-order valence-corrected chi connectivity index (χ4v) is 6.97. The van der Waals surface area contributed by atoms with E-state index in [-0.39, 0.29) is 37.5 Å². The summed E-state index contributed by atoms with van der Waals surface area (Å²) in [4.78, 5) is 38.1. The zero-order valence-corrected chi connectivity index (χ0v) is 44.5. The van der Waals surface area contributed by atoms with E-state index in [1.165, 1.54) is 70.6 Å². The average molecular weight is 963 g/mol. The van der Waals surface area contributed by atoms with Gasteiger partial charge < -0.3 is 14.2 Å². The summed E-state index contributed by atoms with van der Waals surface area (Å²) in [6.07, 6.45) is 82.2. The van der Waals surface area contributed by atoms with Crippen molar-refractivity contribution < 1.29 is 28.6 Å². The largest absolute Gasteiger partial charge is 0.462 e. The Kier molecular flexibility index (Phi) is 52.6. The second-order valence-corrected chi connectivity index (χ2v) is 17.7. The van der Waals surface area contributed by atoms with Gasteiger partial charge in [0.2, 0.25) is 0 Å². The van der Waals surface area contributed by atoms with Gasteiger partial charge in [-0.05, 0) is 83.5 Å². The maximum Gasteiger partial charge on any atom is 0.306 e. The second-order valence-electron chi connectivity index (χ2n) is 17.7. The highest BCUT2D eigenvalue weighted by molar-refractivity contribution is 5.71. The summed E-state index contributed by atoms with van der Waals surface area (Å²) < 4.78 is 16.8. The fourth-order valence-electron chi connectivity index (χ4n) is 6.97. The van der Waals surface area contributed by atoms with Crippen molar-refractivity contribution in [1.29, 1.82) is 0 Å². The Labute approximate surface area is 429 Å². The number of rotatable bonds is 47. The van der Waals surface area contributed by atoms with Gasteiger partial charge in [-0.2, -0.15) is 0 Å². The maximum atomic E-state index is 12.9. The lowest BCUT2D eigenvalue weighted by Gasteiger charge is -2.18. The lowest BCUT2D eigenvalue weighted by molar-refractivity contribution is -0.167.